The topological polar surface area (TPSA) is 71.2 Å². The molecule has 0 radical (unpaired) electrons. The number of pyridine rings is 1. The Hall–Kier alpha value is -1.78. The molecule has 0 fully saturated rings. The molecule has 2 heterocycles. The van der Waals surface area contributed by atoms with Gasteiger partial charge in [0.25, 0.3) is 0 Å². The minimum atomic E-state index is -4.35. The van der Waals surface area contributed by atoms with Crippen molar-refractivity contribution >= 4 is 35.0 Å². The van der Waals surface area contributed by atoms with E-state index in [0.717, 1.165) is 4.90 Å². The van der Waals surface area contributed by atoms with Crippen molar-refractivity contribution in [2.45, 2.75) is 38.6 Å². The second-order valence-corrected chi connectivity index (χ2v) is 7.81. The average molecular weight is 451 g/mol. The molecule has 6 nitrogen and oxygen atoms in total. The Morgan fingerprint density at radius 1 is 1.45 bits per heavy atom. The van der Waals surface area contributed by atoms with Crippen molar-refractivity contribution < 1.29 is 23.1 Å². The molecule has 29 heavy (non-hydrogen) atoms. The zero-order chi connectivity index (χ0) is 21.6. The van der Waals surface area contributed by atoms with Crippen molar-refractivity contribution in [1.29, 1.82) is 0 Å². The highest BCUT2D eigenvalue weighted by molar-refractivity contribution is 7.98. The van der Waals surface area contributed by atoms with E-state index in [4.69, 9.17) is 11.6 Å². The number of anilines is 1. The Kier molecular flexibility index (Phi) is 8.35. The van der Waals surface area contributed by atoms with Crippen LogP contribution < -0.4 is 4.90 Å². The van der Waals surface area contributed by atoms with E-state index in [0.29, 0.717) is 11.4 Å². The number of thioether (sulfide) groups is 1. The third kappa shape index (κ3) is 6.61. The molecule has 2 aromatic rings. The van der Waals surface area contributed by atoms with Gasteiger partial charge in [0.1, 0.15) is 11.9 Å². The normalized spacial score (nSPS) is 13.9. The van der Waals surface area contributed by atoms with Gasteiger partial charge in [-0.15, -0.1) is 0 Å². The number of hydrogen-bond donors (Lipinski definition) is 1. The first-order chi connectivity index (χ1) is 13.6. The molecule has 2 aromatic heterocycles. The Morgan fingerprint density at radius 2 is 2.17 bits per heavy atom. The molecule has 2 unspecified atom stereocenters. The molecule has 0 bridgehead atoms. The lowest BCUT2D eigenvalue weighted by Crippen LogP contribution is -2.45. The van der Waals surface area contributed by atoms with E-state index in [1.54, 1.807) is 25.3 Å². The number of aliphatic hydroxyl groups excluding tert-OH is 1. The number of nitrogens with zero attached hydrogens (tertiary/aromatic N) is 4. The van der Waals surface area contributed by atoms with Crippen LogP contribution in [0.3, 0.4) is 0 Å². The van der Waals surface area contributed by atoms with Crippen molar-refractivity contribution in [2.24, 2.45) is 5.92 Å². The van der Waals surface area contributed by atoms with E-state index in [-0.39, 0.29) is 29.6 Å². The molecule has 0 aliphatic carbocycles. The molecule has 0 saturated heterocycles. The molecule has 0 saturated carbocycles. The van der Waals surface area contributed by atoms with Gasteiger partial charge in [-0.05, 0) is 30.6 Å². The molecular weight excluding hydrogens is 429 g/mol. The van der Waals surface area contributed by atoms with Gasteiger partial charge in [0.05, 0.1) is 18.1 Å². The summed E-state index contributed by atoms with van der Waals surface area (Å²) in [7, 11) is 0. The number of halogens is 4. The molecule has 0 aliphatic rings. The molecule has 0 aliphatic heterocycles. The Labute approximate surface area is 176 Å². The highest BCUT2D eigenvalue weighted by atomic mass is 35.5. The van der Waals surface area contributed by atoms with Gasteiger partial charge >= 0.3 is 6.18 Å². The molecule has 1 amide bonds. The first-order valence-corrected chi connectivity index (χ1v) is 10.6. The lowest BCUT2D eigenvalue weighted by atomic mass is 10.1. The number of alkyl halides is 3. The Bertz CT molecular complexity index is 804. The van der Waals surface area contributed by atoms with Gasteiger partial charge in [-0.3, -0.25) is 14.7 Å². The predicted octanol–water partition coefficient (Wildman–Crippen LogP) is 4.30. The number of carbonyl (C=O) groups is 1. The zero-order valence-corrected chi connectivity index (χ0v) is 17.5. The van der Waals surface area contributed by atoms with Crippen LogP contribution >= 0.6 is 23.4 Å². The first kappa shape index (κ1) is 23.5. The fraction of sp³-hybridized carbons (Fsp3) is 0.500. The maximum Gasteiger partial charge on any atom is 0.389 e. The van der Waals surface area contributed by atoms with E-state index in [2.05, 4.69) is 10.1 Å². The number of amides is 1. The smallest absolute Gasteiger partial charge is 0.373 e. The third-order valence-corrected chi connectivity index (χ3v) is 5.27. The lowest BCUT2D eigenvalue weighted by molar-refractivity contribution is -0.137. The van der Waals surface area contributed by atoms with Crippen LogP contribution in [-0.2, 0) is 4.79 Å². The second kappa shape index (κ2) is 10.3. The summed E-state index contributed by atoms with van der Waals surface area (Å²) in [5.41, 5.74) is 0.713. The zero-order valence-electron chi connectivity index (χ0n) is 15.9. The maximum absolute atomic E-state index is 12.8. The van der Waals surface area contributed by atoms with Crippen molar-refractivity contribution in [2.75, 3.05) is 16.9 Å². The summed E-state index contributed by atoms with van der Waals surface area (Å²) in [6.07, 6.45) is -1.01. The summed E-state index contributed by atoms with van der Waals surface area (Å²) in [6.45, 7) is 1.75. The standard InChI is InChI=1S/C18H22ClF3N4O2S/c1-12(11-29-2)17(28)26(15(27)6-3-7-18(20,21)22)14-10-25(24-16(14)19)13-5-4-8-23-9-13/h4-5,8-10,12,17,28H,3,6-7,11H2,1-2H3. The quantitative estimate of drug-likeness (QED) is 0.576. The van der Waals surface area contributed by atoms with Crippen LogP contribution in [0.2, 0.25) is 5.15 Å². The predicted molar refractivity (Wildman–Crippen MR) is 107 cm³/mol. The van der Waals surface area contributed by atoms with Crippen molar-refractivity contribution in [3.05, 3.63) is 35.9 Å². The summed E-state index contributed by atoms with van der Waals surface area (Å²) >= 11 is 7.70. The number of aromatic nitrogens is 3. The van der Waals surface area contributed by atoms with Crippen LogP contribution in [0.1, 0.15) is 26.2 Å². The van der Waals surface area contributed by atoms with Crippen LogP contribution in [0.5, 0.6) is 0 Å². The van der Waals surface area contributed by atoms with Gasteiger partial charge in [0.15, 0.2) is 5.15 Å². The van der Waals surface area contributed by atoms with Crippen LogP contribution in [-0.4, -0.2) is 50.2 Å². The number of hydrogen-bond acceptors (Lipinski definition) is 5. The minimum Gasteiger partial charge on any atom is -0.373 e. The lowest BCUT2D eigenvalue weighted by Gasteiger charge is -2.31. The fourth-order valence-electron chi connectivity index (χ4n) is 2.72. The van der Waals surface area contributed by atoms with E-state index in [1.165, 1.54) is 28.8 Å². The molecule has 160 valence electrons. The van der Waals surface area contributed by atoms with Crippen LogP contribution in [0, 0.1) is 5.92 Å². The highest BCUT2D eigenvalue weighted by Crippen LogP contribution is 2.31. The van der Waals surface area contributed by atoms with Crippen molar-refractivity contribution in [3.8, 4) is 5.69 Å². The molecule has 2 rings (SSSR count). The van der Waals surface area contributed by atoms with Gasteiger partial charge in [0.2, 0.25) is 5.91 Å². The van der Waals surface area contributed by atoms with Gasteiger partial charge < -0.3 is 5.11 Å². The maximum atomic E-state index is 12.8. The Morgan fingerprint density at radius 3 is 2.76 bits per heavy atom. The molecule has 0 spiro atoms. The SMILES string of the molecule is CSCC(C)C(O)N(C(=O)CCCC(F)(F)F)c1cn(-c2cccnc2)nc1Cl. The van der Waals surface area contributed by atoms with Crippen LogP contribution in [0.4, 0.5) is 18.9 Å². The first-order valence-electron chi connectivity index (χ1n) is 8.85. The van der Waals surface area contributed by atoms with Gasteiger partial charge in [0, 0.05) is 25.0 Å². The largest absolute Gasteiger partial charge is 0.389 e. The number of carbonyl (C=O) groups excluding carboxylic acids is 1. The van der Waals surface area contributed by atoms with Crippen molar-refractivity contribution in [1.82, 2.24) is 14.8 Å². The molecular formula is C18H22ClF3N4O2S. The van der Waals surface area contributed by atoms with Gasteiger partial charge in [-0.2, -0.15) is 30.0 Å². The summed E-state index contributed by atoms with van der Waals surface area (Å²) < 4.78 is 38.8. The molecule has 1 N–H and O–H groups in total. The molecule has 11 heteroatoms. The average Bonchev–Trinajstić information content (AvgIpc) is 3.03. The summed E-state index contributed by atoms with van der Waals surface area (Å²) in [5.74, 6) is -0.446. The van der Waals surface area contributed by atoms with E-state index in [9.17, 15) is 23.1 Å². The van der Waals surface area contributed by atoms with Crippen LogP contribution in [0.25, 0.3) is 5.69 Å². The molecule has 2 atom stereocenters. The van der Waals surface area contributed by atoms with E-state index < -0.39 is 24.7 Å². The summed E-state index contributed by atoms with van der Waals surface area (Å²) in [6, 6.07) is 3.42. The summed E-state index contributed by atoms with van der Waals surface area (Å²) in [5, 5.41) is 14.9. The number of aliphatic hydroxyl groups is 1. The Balaban J connectivity index is 2.32. The van der Waals surface area contributed by atoms with E-state index >= 15 is 0 Å². The third-order valence-electron chi connectivity index (χ3n) is 4.14. The van der Waals surface area contributed by atoms with Gasteiger partial charge in [-0.25, -0.2) is 4.68 Å². The minimum absolute atomic E-state index is 0.0478. The second-order valence-electron chi connectivity index (χ2n) is 6.54. The van der Waals surface area contributed by atoms with E-state index in [1.807, 2.05) is 6.26 Å². The van der Waals surface area contributed by atoms with Crippen LogP contribution in [0.15, 0.2) is 30.7 Å². The highest BCUT2D eigenvalue weighted by Gasteiger charge is 2.32. The summed E-state index contributed by atoms with van der Waals surface area (Å²) in [4.78, 5) is 17.8. The molecule has 0 aromatic carbocycles. The monoisotopic (exact) mass is 450 g/mol. The number of rotatable bonds is 9. The fourth-order valence-corrected chi connectivity index (χ4v) is 3.63. The van der Waals surface area contributed by atoms with Crippen molar-refractivity contribution in [3.63, 3.8) is 0 Å². The van der Waals surface area contributed by atoms with Gasteiger partial charge in [-0.1, -0.05) is 18.5 Å².